The first-order valence-electron chi connectivity index (χ1n) is 19.9. The molecule has 0 spiro atoms. The lowest BCUT2D eigenvalue weighted by Crippen LogP contribution is -2.20. The van der Waals surface area contributed by atoms with Gasteiger partial charge in [0.05, 0.1) is 22.4 Å². The molecule has 2 heteroatoms. The van der Waals surface area contributed by atoms with Crippen LogP contribution in [0.1, 0.15) is 25.0 Å². The molecule has 0 fully saturated rings. The summed E-state index contributed by atoms with van der Waals surface area (Å²) >= 11 is 0. The number of fused-ring (bicyclic) bond motifs is 7. The zero-order valence-electron chi connectivity index (χ0n) is 32.0. The van der Waals surface area contributed by atoms with Crippen molar-refractivity contribution in [3.05, 3.63) is 217 Å². The molecule has 0 bridgehead atoms. The van der Waals surface area contributed by atoms with Crippen LogP contribution < -0.4 is 4.90 Å². The van der Waals surface area contributed by atoms with Crippen LogP contribution in [0.2, 0.25) is 0 Å². The van der Waals surface area contributed by atoms with E-state index in [0.29, 0.717) is 0 Å². The molecule has 0 radical (unpaired) electrons. The van der Waals surface area contributed by atoms with Crippen LogP contribution in [0.15, 0.2) is 206 Å². The van der Waals surface area contributed by atoms with Crippen molar-refractivity contribution in [1.82, 2.24) is 4.57 Å². The first-order chi connectivity index (χ1) is 28.1. The summed E-state index contributed by atoms with van der Waals surface area (Å²) in [5, 5.41) is 4.96. The number of para-hydroxylation sites is 2. The van der Waals surface area contributed by atoms with Gasteiger partial charge in [-0.3, -0.25) is 0 Å². The highest BCUT2D eigenvalue weighted by Crippen LogP contribution is 2.54. The Labute approximate surface area is 333 Å². The summed E-state index contributed by atoms with van der Waals surface area (Å²) in [6, 6.07) is 75.7. The molecule has 57 heavy (non-hydrogen) atoms. The molecule has 270 valence electrons. The van der Waals surface area contributed by atoms with Gasteiger partial charge in [-0.2, -0.15) is 0 Å². The summed E-state index contributed by atoms with van der Waals surface area (Å²) in [6.07, 6.45) is 0. The SMILES string of the molecule is CC1(C)c2ccccc2-c2cccc(N(c3cccc(-c4ccccc4)c3)c3cccc(-c4c(-n5c6ccccc6c6ccccc65)ccc5ccccc45)c3)c21. The van der Waals surface area contributed by atoms with Crippen molar-refractivity contribution in [2.24, 2.45) is 0 Å². The number of hydrogen-bond donors (Lipinski definition) is 0. The first-order valence-corrected chi connectivity index (χ1v) is 19.9. The zero-order valence-corrected chi connectivity index (χ0v) is 32.0. The lowest BCUT2D eigenvalue weighted by molar-refractivity contribution is 0.661. The van der Waals surface area contributed by atoms with Gasteiger partial charge in [0, 0.05) is 33.1 Å². The predicted octanol–water partition coefficient (Wildman–Crippen LogP) is 15.0. The van der Waals surface area contributed by atoms with Gasteiger partial charge in [-0.1, -0.05) is 172 Å². The first kappa shape index (κ1) is 33.2. The van der Waals surface area contributed by atoms with E-state index in [4.69, 9.17) is 0 Å². The van der Waals surface area contributed by atoms with Crippen molar-refractivity contribution < 1.29 is 0 Å². The minimum atomic E-state index is -0.200. The van der Waals surface area contributed by atoms with Crippen molar-refractivity contribution in [2.45, 2.75) is 19.3 Å². The molecule has 1 aromatic heterocycles. The van der Waals surface area contributed by atoms with Gasteiger partial charge in [-0.05, 0) is 98.2 Å². The topological polar surface area (TPSA) is 8.17 Å². The lowest BCUT2D eigenvalue weighted by Gasteiger charge is -2.32. The quantitative estimate of drug-likeness (QED) is 0.165. The van der Waals surface area contributed by atoms with Crippen LogP contribution in [0, 0.1) is 0 Å². The molecule has 0 atom stereocenters. The normalized spacial score (nSPS) is 12.9. The number of nitrogens with zero attached hydrogens (tertiary/aromatic N) is 2. The predicted molar refractivity (Wildman–Crippen MR) is 241 cm³/mol. The lowest BCUT2D eigenvalue weighted by atomic mass is 9.81. The Bertz CT molecular complexity index is 3110. The molecule has 0 saturated heterocycles. The molecule has 0 unspecified atom stereocenters. The average Bonchev–Trinajstić information content (AvgIpc) is 3.72. The van der Waals surface area contributed by atoms with Gasteiger partial charge in [0.2, 0.25) is 0 Å². The summed E-state index contributed by atoms with van der Waals surface area (Å²) in [7, 11) is 0. The summed E-state index contributed by atoms with van der Waals surface area (Å²) in [5.41, 5.74) is 16.9. The van der Waals surface area contributed by atoms with Crippen molar-refractivity contribution in [2.75, 3.05) is 4.90 Å². The zero-order chi connectivity index (χ0) is 38.1. The molecule has 1 aliphatic carbocycles. The Morgan fingerprint density at radius 2 is 0.982 bits per heavy atom. The number of anilines is 3. The van der Waals surface area contributed by atoms with Crippen LogP contribution in [-0.2, 0) is 5.41 Å². The van der Waals surface area contributed by atoms with Crippen LogP contribution in [0.3, 0.4) is 0 Å². The van der Waals surface area contributed by atoms with Crippen molar-refractivity contribution >= 4 is 49.6 Å². The third kappa shape index (κ3) is 5.18. The van der Waals surface area contributed by atoms with Crippen LogP contribution in [0.5, 0.6) is 0 Å². The second-order valence-electron chi connectivity index (χ2n) is 15.7. The molecule has 11 rings (SSSR count). The Morgan fingerprint density at radius 3 is 1.74 bits per heavy atom. The maximum Gasteiger partial charge on any atom is 0.0547 e. The highest BCUT2D eigenvalue weighted by atomic mass is 15.1. The van der Waals surface area contributed by atoms with Gasteiger partial charge < -0.3 is 9.47 Å². The van der Waals surface area contributed by atoms with E-state index in [1.807, 2.05) is 0 Å². The molecule has 9 aromatic carbocycles. The Hall–Kier alpha value is -7.16. The second kappa shape index (κ2) is 13.0. The van der Waals surface area contributed by atoms with Gasteiger partial charge in [-0.25, -0.2) is 0 Å². The third-order valence-electron chi connectivity index (χ3n) is 12.1. The van der Waals surface area contributed by atoms with E-state index in [9.17, 15) is 0 Å². The molecule has 1 aliphatic rings. The average molecular weight is 729 g/mol. The highest BCUT2D eigenvalue weighted by Gasteiger charge is 2.38. The van der Waals surface area contributed by atoms with E-state index in [1.165, 1.54) is 82.8 Å². The van der Waals surface area contributed by atoms with E-state index in [1.54, 1.807) is 0 Å². The van der Waals surface area contributed by atoms with Crippen LogP contribution in [-0.4, -0.2) is 4.57 Å². The molecule has 0 amide bonds. The summed E-state index contributed by atoms with van der Waals surface area (Å²) in [6.45, 7) is 4.76. The number of hydrogen-bond acceptors (Lipinski definition) is 1. The van der Waals surface area contributed by atoms with E-state index >= 15 is 0 Å². The fourth-order valence-corrected chi connectivity index (χ4v) is 9.62. The van der Waals surface area contributed by atoms with Crippen molar-refractivity contribution in [1.29, 1.82) is 0 Å². The van der Waals surface area contributed by atoms with Crippen LogP contribution >= 0.6 is 0 Å². The molecular formula is C55H40N2. The van der Waals surface area contributed by atoms with Gasteiger partial charge >= 0.3 is 0 Å². The number of aromatic nitrogens is 1. The standard InChI is InChI=1S/C55H40N2/c1-55(2)48-29-11-8-25-44(48)47-28-16-32-52(54(47)55)56(41-22-14-20-39(35-41)37-17-4-3-5-18-37)42-23-15-21-40(36-42)53-43-24-7-6-19-38(43)33-34-51(53)57-49-30-12-9-26-45(49)46-27-10-13-31-50(46)57/h3-36H,1-2H3. The smallest absolute Gasteiger partial charge is 0.0547 e. The number of rotatable bonds is 6. The van der Waals surface area contributed by atoms with Gasteiger partial charge in [0.1, 0.15) is 0 Å². The largest absolute Gasteiger partial charge is 0.310 e. The maximum absolute atomic E-state index is 2.49. The maximum atomic E-state index is 2.49. The third-order valence-corrected chi connectivity index (χ3v) is 12.1. The molecule has 2 nitrogen and oxygen atoms in total. The summed E-state index contributed by atoms with van der Waals surface area (Å²) in [4.78, 5) is 2.49. The van der Waals surface area contributed by atoms with Gasteiger partial charge in [-0.15, -0.1) is 0 Å². The van der Waals surface area contributed by atoms with Gasteiger partial charge in [0.15, 0.2) is 0 Å². The molecule has 0 aliphatic heterocycles. The van der Waals surface area contributed by atoms with E-state index in [2.05, 4.69) is 230 Å². The fraction of sp³-hybridized carbons (Fsp3) is 0.0545. The Morgan fingerprint density at radius 1 is 0.421 bits per heavy atom. The Kier molecular flexibility index (Phi) is 7.55. The Balaban J connectivity index is 1.18. The highest BCUT2D eigenvalue weighted by molar-refractivity contribution is 6.11. The van der Waals surface area contributed by atoms with Crippen LogP contribution in [0.4, 0.5) is 17.1 Å². The molecule has 1 heterocycles. The van der Waals surface area contributed by atoms with Crippen LogP contribution in [0.25, 0.3) is 71.6 Å². The van der Waals surface area contributed by atoms with E-state index in [0.717, 1.165) is 17.1 Å². The van der Waals surface area contributed by atoms with Crippen molar-refractivity contribution in [3.63, 3.8) is 0 Å². The molecule has 0 N–H and O–H groups in total. The fourth-order valence-electron chi connectivity index (χ4n) is 9.62. The van der Waals surface area contributed by atoms with E-state index < -0.39 is 0 Å². The summed E-state index contributed by atoms with van der Waals surface area (Å²) in [5.74, 6) is 0. The van der Waals surface area contributed by atoms with E-state index in [-0.39, 0.29) is 5.41 Å². The minimum Gasteiger partial charge on any atom is -0.310 e. The van der Waals surface area contributed by atoms with Gasteiger partial charge in [0.25, 0.3) is 0 Å². The molecule has 0 saturated carbocycles. The molecular weight excluding hydrogens is 689 g/mol. The monoisotopic (exact) mass is 728 g/mol. The number of benzene rings is 9. The second-order valence-corrected chi connectivity index (χ2v) is 15.7. The van der Waals surface area contributed by atoms with Crippen molar-refractivity contribution in [3.8, 4) is 39.1 Å². The molecule has 10 aromatic rings. The summed E-state index contributed by atoms with van der Waals surface area (Å²) < 4.78 is 2.46. The minimum absolute atomic E-state index is 0.200.